The number of ketones is 2. The molecule has 0 bridgehead atoms. The number of fused-ring (bicyclic) bond motifs is 4. The summed E-state index contributed by atoms with van der Waals surface area (Å²) in [4.78, 5) is 43.1. The van der Waals surface area contributed by atoms with Crippen molar-refractivity contribution in [3.05, 3.63) is 51.8 Å². The van der Waals surface area contributed by atoms with Crippen LogP contribution in [0.2, 0.25) is 0 Å². The van der Waals surface area contributed by atoms with Gasteiger partial charge >= 0.3 is 0 Å². The van der Waals surface area contributed by atoms with Crippen molar-refractivity contribution in [3.8, 4) is 5.75 Å². The summed E-state index contributed by atoms with van der Waals surface area (Å²) >= 11 is 0. The van der Waals surface area contributed by atoms with E-state index in [1.807, 2.05) is 37.2 Å². The van der Waals surface area contributed by atoms with E-state index in [0.717, 1.165) is 29.5 Å². The van der Waals surface area contributed by atoms with E-state index in [0.29, 0.717) is 17.5 Å². The summed E-state index contributed by atoms with van der Waals surface area (Å²) < 4.78 is 0. The van der Waals surface area contributed by atoms with Crippen molar-refractivity contribution < 1.29 is 34.8 Å². The lowest BCUT2D eigenvalue weighted by Gasteiger charge is -2.50. The molecule has 0 aromatic heterocycles. The highest BCUT2D eigenvalue weighted by Gasteiger charge is 2.64. The van der Waals surface area contributed by atoms with Crippen LogP contribution in [0.5, 0.6) is 5.75 Å². The van der Waals surface area contributed by atoms with Gasteiger partial charge in [-0.25, -0.2) is 0 Å². The van der Waals surface area contributed by atoms with E-state index in [1.54, 1.807) is 14.1 Å². The van der Waals surface area contributed by atoms with Crippen molar-refractivity contribution in [2.45, 2.75) is 56.3 Å². The molecule has 43 heavy (non-hydrogen) atoms. The number of anilines is 1. The lowest BCUT2D eigenvalue weighted by Crippen LogP contribution is -2.65. The normalized spacial score (nSPS) is 27.7. The van der Waals surface area contributed by atoms with Crippen LogP contribution in [0.15, 0.2) is 35.1 Å². The number of likely N-dealkylation sites (N-methyl/N-ethyl adjacent to an activating group) is 1. The van der Waals surface area contributed by atoms with Gasteiger partial charge in [-0.1, -0.05) is 12.1 Å². The second kappa shape index (κ2) is 9.54. The lowest BCUT2D eigenvalue weighted by molar-refractivity contribution is -0.153. The molecule has 2 saturated carbocycles. The molecule has 4 aliphatic carbocycles. The fourth-order valence-electron chi connectivity index (χ4n) is 7.44. The molecule has 2 aromatic carbocycles. The Kier molecular flexibility index (Phi) is 6.47. The van der Waals surface area contributed by atoms with Crippen molar-refractivity contribution >= 4 is 39.7 Å². The van der Waals surface area contributed by atoms with Crippen LogP contribution in [0, 0.1) is 11.8 Å². The number of hydrogen-bond acceptors (Lipinski definition) is 10. The third kappa shape index (κ3) is 4.09. The predicted octanol–water partition coefficient (Wildman–Crippen LogP) is 1.83. The van der Waals surface area contributed by atoms with E-state index in [4.69, 9.17) is 5.73 Å². The van der Waals surface area contributed by atoms with Gasteiger partial charge in [-0.3, -0.25) is 19.3 Å². The number of phenolic OH excluding ortho intramolecular Hbond substituents is 1. The number of primary amides is 1. The Hall–Kier alpha value is -3.93. The lowest BCUT2D eigenvalue weighted by atomic mass is 9.57. The standard InChI is InChI=1S/C32H38N4O7/c1-31(8-9-31)34-13-14-6-7-16-17(10-14)25(37)21-18(23(16)35(2)3)11-15-12-19-24(36(4)5)27(39)22(30(33)42)29(41)32(19,43)28(40)20(15)26(21)38/h6-7,10,15,19,24,34,37-38,41,43H,8-9,11-13H2,1-5H3,(H2,33,42)/t15-,19-,24-,32-/m0/s1. The SMILES string of the molecule is CN(C)c1c2c(c(O)c3cc(CNC4(C)CC4)ccc13)C(O)=C1C(=O)[C@]3(O)C(O)=C(C(N)=O)C(=O)[C@@H](N(C)C)[C@@H]3C[C@@H]1C2. The van der Waals surface area contributed by atoms with Crippen LogP contribution in [0.25, 0.3) is 16.5 Å². The van der Waals surface area contributed by atoms with Crippen LogP contribution in [-0.4, -0.2) is 88.2 Å². The first-order chi connectivity index (χ1) is 20.1. The molecule has 0 saturated heterocycles. The number of carbonyl (C=O) groups is 3. The molecule has 4 atom stereocenters. The number of nitrogens with one attached hydrogen (secondary N) is 1. The number of phenols is 1. The van der Waals surface area contributed by atoms with Gasteiger partial charge in [0.25, 0.3) is 5.91 Å². The van der Waals surface area contributed by atoms with Gasteiger partial charge in [0, 0.05) is 54.1 Å². The number of Topliss-reactive ketones (excluding diaryl/α,β-unsaturated/α-hetero) is 2. The van der Waals surface area contributed by atoms with E-state index in [-0.39, 0.29) is 35.3 Å². The topological polar surface area (TPSA) is 177 Å². The third-order valence-electron chi connectivity index (χ3n) is 9.90. The maximum absolute atomic E-state index is 14.2. The minimum absolute atomic E-state index is 0.0425. The second-order valence-corrected chi connectivity index (χ2v) is 13.2. The fraction of sp³-hybridized carbons (Fsp3) is 0.469. The number of rotatable bonds is 6. The van der Waals surface area contributed by atoms with Crippen molar-refractivity contribution in [2.75, 3.05) is 33.1 Å². The number of carbonyl (C=O) groups excluding carboxylic acids is 3. The molecule has 1 amide bonds. The second-order valence-electron chi connectivity index (χ2n) is 13.2. The first kappa shape index (κ1) is 29.2. The average Bonchev–Trinajstić information content (AvgIpc) is 3.66. The Morgan fingerprint density at radius 3 is 2.35 bits per heavy atom. The summed E-state index contributed by atoms with van der Waals surface area (Å²) in [7, 11) is 6.90. The van der Waals surface area contributed by atoms with Gasteiger partial charge < -0.3 is 36.4 Å². The molecule has 0 aliphatic heterocycles. The summed E-state index contributed by atoms with van der Waals surface area (Å²) in [5.74, 6) is -6.59. The molecular formula is C32H38N4O7. The molecule has 6 rings (SSSR count). The Bertz CT molecular complexity index is 1690. The Morgan fingerprint density at radius 1 is 1.09 bits per heavy atom. The molecule has 11 nitrogen and oxygen atoms in total. The van der Waals surface area contributed by atoms with Crippen LogP contribution in [0.4, 0.5) is 5.69 Å². The van der Waals surface area contributed by atoms with Gasteiger partial charge in [-0.2, -0.15) is 0 Å². The van der Waals surface area contributed by atoms with Crippen LogP contribution >= 0.6 is 0 Å². The van der Waals surface area contributed by atoms with Crippen LogP contribution in [-0.2, 0) is 27.3 Å². The van der Waals surface area contributed by atoms with Crippen LogP contribution < -0.4 is 16.0 Å². The Labute approximate surface area is 249 Å². The van der Waals surface area contributed by atoms with Gasteiger partial charge in [-0.05, 0) is 69.8 Å². The molecule has 4 aliphatic rings. The van der Waals surface area contributed by atoms with Crippen molar-refractivity contribution in [1.82, 2.24) is 10.2 Å². The minimum atomic E-state index is -2.67. The number of nitrogens with two attached hydrogens (primary N) is 1. The van der Waals surface area contributed by atoms with Gasteiger partial charge in [0.2, 0.25) is 5.78 Å². The van der Waals surface area contributed by atoms with E-state index < -0.39 is 58.0 Å². The van der Waals surface area contributed by atoms with E-state index >= 15 is 0 Å². The highest BCUT2D eigenvalue weighted by molar-refractivity contribution is 6.24. The molecule has 2 aromatic rings. The number of aromatic hydroxyl groups is 1. The van der Waals surface area contributed by atoms with Gasteiger partial charge in [0.1, 0.15) is 22.8 Å². The fourth-order valence-corrected chi connectivity index (χ4v) is 7.44. The van der Waals surface area contributed by atoms with Crippen LogP contribution in [0.1, 0.15) is 42.9 Å². The van der Waals surface area contributed by atoms with Crippen LogP contribution in [0.3, 0.4) is 0 Å². The molecule has 228 valence electrons. The molecule has 0 unspecified atom stereocenters. The molecule has 0 spiro atoms. The van der Waals surface area contributed by atoms with Crippen molar-refractivity contribution in [2.24, 2.45) is 17.6 Å². The molecule has 2 fully saturated rings. The Balaban J connectivity index is 1.55. The summed E-state index contributed by atoms with van der Waals surface area (Å²) in [5.41, 5.74) is 4.32. The zero-order chi connectivity index (χ0) is 31.3. The molecule has 0 heterocycles. The summed E-state index contributed by atoms with van der Waals surface area (Å²) in [6.07, 6.45) is 2.47. The van der Waals surface area contributed by atoms with Gasteiger partial charge in [-0.15, -0.1) is 0 Å². The monoisotopic (exact) mass is 590 g/mol. The van der Waals surface area contributed by atoms with E-state index in [2.05, 4.69) is 12.2 Å². The van der Waals surface area contributed by atoms with Crippen molar-refractivity contribution in [1.29, 1.82) is 0 Å². The van der Waals surface area contributed by atoms with Gasteiger partial charge in [0.15, 0.2) is 11.4 Å². The summed E-state index contributed by atoms with van der Waals surface area (Å²) in [6.45, 7) is 2.76. The largest absolute Gasteiger partial charge is 0.508 e. The van der Waals surface area contributed by atoms with Crippen molar-refractivity contribution in [3.63, 3.8) is 0 Å². The summed E-state index contributed by atoms with van der Waals surface area (Å²) in [5, 5.41) is 51.1. The predicted molar refractivity (Wildman–Crippen MR) is 161 cm³/mol. The minimum Gasteiger partial charge on any atom is -0.508 e. The molecule has 11 heteroatoms. The van der Waals surface area contributed by atoms with E-state index in [9.17, 15) is 34.8 Å². The number of amides is 1. The smallest absolute Gasteiger partial charge is 0.255 e. The molecule has 0 radical (unpaired) electrons. The number of aliphatic hydroxyl groups is 3. The summed E-state index contributed by atoms with van der Waals surface area (Å²) in [6, 6.07) is 4.71. The Morgan fingerprint density at radius 2 is 1.77 bits per heavy atom. The zero-order valence-corrected chi connectivity index (χ0v) is 25.0. The average molecular weight is 591 g/mol. The maximum atomic E-state index is 14.2. The zero-order valence-electron chi connectivity index (χ0n) is 25.0. The first-order valence-corrected chi connectivity index (χ1v) is 14.5. The number of hydrogen-bond donors (Lipinski definition) is 6. The number of nitrogens with zero attached hydrogens (tertiary/aromatic N) is 2. The van der Waals surface area contributed by atoms with E-state index in [1.165, 1.54) is 4.90 Å². The highest BCUT2D eigenvalue weighted by Crippen LogP contribution is 2.55. The molecular weight excluding hydrogens is 552 g/mol. The highest BCUT2D eigenvalue weighted by atomic mass is 16.3. The maximum Gasteiger partial charge on any atom is 0.255 e. The number of benzene rings is 2. The number of aliphatic hydroxyl groups excluding tert-OH is 2. The van der Waals surface area contributed by atoms with Gasteiger partial charge in [0.05, 0.1) is 11.6 Å². The quantitative estimate of drug-likeness (QED) is 0.272. The first-order valence-electron chi connectivity index (χ1n) is 14.5. The molecule has 7 N–H and O–H groups in total. The third-order valence-corrected chi connectivity index (χ3v) is 9.90.